The normalized spacial score (nSPS) is 15.1. The number of ether oxygens (including phenoxy) is 2. The van der Waals surface area contributed by atoms with Gasteiger partial charge >= 0.3 is 6.18 Å². The summed E-state index contributed by atoms with van der Waals surface area (Å²) in [5.41, 5.74) is 0.971. The van der Waals surface area contributed by atoms with Crippen molar-refractivity contribution in [1.82, 2.24) is 15.1 Å². The van der Waals surface area contributed by atoms with Gasteiger partial charge in [0.25, 0.3) is 5.56 Å². The van der Waals surface area contributed by atoms with Crippen molar-refractivity contribution < 1.29 is 27.4 Å². The number of anilines is 1. The van der Waals surface area contributed by atoms with Crippen LogP contribution in [0.15, 0.2) is 41.2 Å². The molecule has 1 aliphatic carbocycles. The Hall–Kier alpha value is -4.02. The third kappa shape index (κ3) is 5.17. The van der Waals surface area contributed by atoms with E-state index in [0.29, 0.717) is 72.9 Å². The standard InChI is InChI=1S/C28H29F3N4O4/c1-16(36)32-13-17-14-34(15-17)19-7-8-24(28(29,30)31)25(11-19)35-27(37)23-6-4-5-22(23)26(33-35)18-9-20(38-2)12-21(10-18)39-3/h7-12,17H,4-6,13-15H2,1-3H3,(H,32,36). The van der Waals surface area contributed by atoms with Crippen molar-refractivity contribution in [1.29, 1.82) is 0 Å². The summed E-state index contributed by atoms with van der Waals surface area (Å²) in [6, 6.07) is 8.94. The molecule has 39 heavy (non-hydrogen) atoms. The molecule has 0 bridgehead atoms. The maximum absolute atomic E-state index is 14.2. The van der Waals surface area contributed by atoms with Crippen molar-refractivity contribution in [3.8, 4) is 28.4 Å². The van der Waals surface area contributed by atoms with E-state index in [1.54, 1.807) is 18.2 Å². The van der Waals surface area contributed by atoms with Crippen molar-refractivity contribution in [2.24, 2.45) is 5.92 Å². The number of hydrogen-bond acceptors (Lipinski definition) is 6. The number of carbonyl (C=O) groups is 1. The molecule has 0 unspecified atom stereocenters. The van der Waals surface area contributed by atoms with E-state index in [9.17, 15) is 22.8 Å². The maximum Gasteiger partial charge on any atom is 0.418 e. The number of halogens is 3. The molecule has 0 spiro atoms. The van der Waals surface area contributed by atoms with Crippen LogP contribution < -0.4 is 25.2 Å². The second-order valence-corrected chi connectivity index (χ2v) is 9.88. The van der Waals surface area contributed by atoms with Gasteiger partial charge < -0.3 is 19.7 Å². The lowest BCUT2D eigenvalue weighted by Crippen LogP contribution is -2.51. The summed E-state index contributed by atoms with van der Waals surface area (Å²) in [7, 11) is 3.02. The van der Waals surface area contributed by atoms with Crippen LogP contribution in [0.25, 0.3) is 16.9 Å². The topological polar surface area (TPSA) is 85.7 Å². The summed E-state index contributed by atoms with van der Waals surface area (Å²) >= 11 is 0. The van der Waals surface area contributed by atoms with Crippen LogP contribution in [0.1, 0.15) is 30.0 Å². The van der Waals surface area contributed by atoms with E-state index in [1.807, 2.05) is 4.90 Å². The maximum atomic E-state index is 14.2. The van der Waals surface area contributed by atoms with E-state index in [1.165, 1.54) is 33.3 Å². The highest BCUT2D eigenvalue weighted by Gasteiger charge is 2.37. The van der Waals surface area contributed by atoms with Gasteiger partial charge in [-0.25, -0.2) is 0 Å². The Morgan fingerprint density at radius 3 is 2.33 bits per heavy atom. The Morgan fingerprint density at radius 1 is 1.05 bits per heavy atom. The average Bonchev–Trinajstić information content (AvgIpc) is 3.37. The zero-order chi connectivity index (χ0) is 27.9. The molecule has 1 fully saturated rings. The van der Waals surface area contributed by atoms with E-state index in [2.05, 4.69) is 10.4 Å². The van der Waals surface area contributed by atoms with Gasteiger partial charge in [-0.3, -0.25) is 9.59 Å². The van der Waals surface area contributed by atoms with Gasteiger partial charge in [-0.05, 0) is 55.2 Å². The van der Waals surface area contributed by atoms with Crippen molar-refractivity contribution in [3.63, 3.8) is 0 Å². The molecule has 1 saturated heterocycles. The van der Waals surface area contributed by atoms with Crippen molar-refractivity contribution in [2.75, 3.05) is 38.8 Å². The molecule has 1 aliphatic heterocycles. The number of rotatable bonds is 7. The monoisotopic (exact) mass is 542 g/mol. The molecule has 0 saturated carbocycles. The molecule has 1 aromatic heterocycles. The summed E-state index contributed by atoms with van der Waals surface area (Å²) in [5, 5.41) is 7.31. The van der Waals surface area contributed by atoms with E-state index in [0.717, 1.165) is 16.3 Å². The predicted octanol–water partition coefficient (Wildman–Crippen LogP) is 4.00. The first kappa shape index (κ1) is 26.6. The van der Waals surface area contributed by atoms with Gasteiger partial charge in [0, 0.05) is 55.4 Å². The number of nitrogens with zero attached hydrogens (tertiary/aromatic N) is 3. The highest BCUT2D eigenvalue weighted by Crippen LogP contribution is 2.38. The molecule has 11 heteroatoms. The number of nitrogens with one attached hydrogen (secondary N) is 1. The number of hydrogen-bond donors (Lipinski definition) is 1. The fourth-order valence-corrected chi connectivity index (χ4v) is 5.24. The lowest BCUT2D eigenvalue weighted by atomic mass is 9.98. The van der Waals surface area contributed by atoms with E-state index in [-0.39, 0.29) is 17.5 Å². The van der Waals surface area contributed by atoms with Crippen LogP contribution in [-0.4, -0.2) is 49.5 Å². The van der Waals surface area contributed by atoms with Crippen LogP contribution in [-0.2, 0) is 23.8 Å². The van der Waals surface area contributed by atoms with Gasteiger partial charge in [0.05, 0.1) is 31.2 Å². The van der Waals surface area contributed by atoms with Crippen LogP contribution in [0.2, 0.25) is 0 Å². The molecular weight excluding hydrogens is 513 g/mol. The SMILES string of the molecule is COc1cc(OC)cc(-c2nn(-c3cc(N4CC(CNC(C)=O)C4)ccc3C(F)(F)F)c(=O)c3c2CCC3)c1. The molecule has 1 amide bonds. The quantitative estimate of drug-likeness (QED) is 0.486. The highest BCUT2D eigenvalue weighted by molar-refractivity contribution is 5.73. The Balaban J connectivity index is 1.63. The third-order valence-corrected chi connectivity index (χ3v) is 7.26. The van der Waals surface area contributed by atoms with Crippen LogP contribution in [0.4, 0.5) is 18.9 Å². The molecule has 5 rings (SSSR count). The van der Waals surface area contributed by atoms with Crippen LogP contribution in [0, 0.1) is 5.92 Å². The van der Waals surface area contributed by atoms with Crippen molar-refractivity contribution in [2.45, 2.75) is 32.4 Å². The van der Waals surface area contributed by atoms with Gasteiger partial charge in [-0.1, -0.05) is 0 Å². The molecule has 2 aromatic carbocycles. The number of benzene rings is 2. The lowest BCUT2D eigenvalue weighted by Gasteiger charge is -2.41. The molecule has 1 N–H and O–H groups in total. The van der Waals surface area contributed by atoms with E-state index >= 15 is 0 Å². The second-order valence-electron chi connectivity index (χ2n) is 9.88. The molecule has 0 radical (unpaired) electrons. The number of amides is 1. The second kappa shape index (κ2) is 10.3. The van der Waals surface area contributed by atoms with Gasteiger partial charge in [-0.2, -0.15) is 23.0 Å². The average molecular weight is 543 g/mol. The van der Waals surface area contributed by atoms with Gasteiger partial charge in [0.2, 0.25) is 5.91 Å². The predicted molar refractivity (Wildman–Crippen MR) is 140 cm³/mol. The van der Waals surface area contributed by atoms with Crippen LogP contribution in [0.5, 0.6) is 11.5 Å². The first-order chi connectivity index (χ1) is 18.6. The lowest BCUT2D eigenvalue weighted by molar-refractivity contribution is -0.137. The molecule has 2 aliphatic rings. The summed E-state index contributed by atoms with van der Waals surface area (Å²) in [5.74, 6) is 1.06. The minimum Gasteiger partial charge on any atom is -0.497 e. The number of alkyl halides is 3. The number of fused-ring (bicyclic) bond motifs is 1. The van der Waals surface area contributed by atoms with Crippen molar-refractivity contribution >= 4 is 11.6 Å². The Bertz CT molecular complexity index is 1460. The molecular formula is C28H29F3N4O4. The van der Waals surface area contributed by atoms with Gasteiger partial charge in [0.15, 0.2) is 0 Å². The zero-order valence-electron chi connectivity index (χ0n) is 21.9. The molecule has 8 nitrogen and oxygen atoms in total. The Morgan fingerprint density at radius 2 is 1.72 bits per heavy atom. The highest BCUT2D eigenvalue weighted by atomic mass is 19.4. The molecule has 3 aromatic rings. The minimum absolute atomic E-state index is 0.128. The summed E-state index contributed by atoms with van der Waals surface area (Å²) in [6.07, 6.45) is -2.93. The fraction of sp³-hybridized carbons (Fsp3) is 0.393. The zero-order valence-corrected chi connectivity index (χ0v) is 21.9. The number of methoxy groups -OCH3 is 2. The minimum atomic E-state index is -4.70. The molecule has 0 atom stereocenters. The first-order valence-electron chi connectivity index (χ1n) is 12.7. The number of aromatic nitrogens is 2. The fourth-order valence-electron chi connectivity index (χ4n) is 5.24. The summed E-state index contributed by atoms with van der Waals surface area (Å²) in [6.45, 7) is 3.09. The Labute approximate surface area is 223 Å². The van der Waals surface area contributed by atoms with Crippen LogP contribution >= 0.6 is 0 Å². The molecule has 206 valence electrons. The third-order valence-electron chi connectivity index (χ3n) is 7.26. The largest absolute Gasteiger partial charge is 0.497 e. The van der Waals surface area contributed by atoms with Crippen LogP contribution in [0.3, 0.4) is 0 Å². The number of carbonyl (C=O) groups excluding carboxylic acids is 1. The Kier molecular flexibility index (Phi) is 7.00. The summed E-state index contributed by atoms with van der Waals surface area (Å²) in [4.78, 5) is 26.7. The van der Waals surface area contributed by atoms with Gasteiger partial charge in [0.1, 0.15) is 11.5 Å². The van der Waals surface area contributed by atoms with E-state index in [4.69, 9.17) is 9.47 Å². The molecule has 2 heterocycles. The van der Waals surface area contributed by atoms with E-state index < -0.39 is 17.3 Å². The smallest absolute Gasteiger partial charge is 0.418 e. The summed E-state index contributed by atoms with van der Waals surface area (Å²) < 4.78 is 54.3. The van der Waals surface area contributed by atoms with Crippen molar-refractivity contribution in [3.05, 3.63) is 63.4 Å². The van der Waals surface area contributed by atoms with Gasteiger partial charge in [-0.15, -0.1) is 0 Å². The first-order valence-corrected chi connectivity index (χ1v) is 12.7.